The van der Waals surface area contributed by atoms with Gasteiger partial charge >= 0.3 is 0 Å². The number of carbonyl (C=O) groups is 1. The first-order valence-corrected chi connectivity index (χ1v) is 10.3. The highest BCUT2D eigenvalue weighted by molar-refractivity contribution is 7.21. The fourth-order valence-corrected chi connectivity index (χ4v) is 4.59. The molecule has 2 N–H and O–H groups in total. The fourth-order valence-electron chi connectivity index (χ4n) is 3.72. The number of hydrogen-bond acceptors (Lipinski definition) is 7. The number of nitrogens with one attached hydrogen (secondary N) is 2. The molecule has 1 aliphatic carbocycles. The molecule has 0 unspecified atom stereocenters. The van der Waals surface area contributed by atoms with Crippen molar-refractivity contribution >= 4 is 32.7 Å². The van der Waals surface area contributed by atoms with Crippen LogP contribution in [0.2, 0.25) is 0 Å². The molecule has 9 heteroatoms. The van der Waals surface area contributed by atoms with Gasteiger partial charge in [0.2, 0.25) is 0 Å². The van der Waals surface area contributed by atoms with Crippen molar-refractivity contribution < 1.29 is 4.79 Å². The molecule has 8 nitrogen and oxygen atoms in total. The van der Waals surface area contributed by atoms with Crippen molar-refractivity contribution in [1.82, 2.24) is 30.3 Å². The molecule has 1 amide bonds. The van der Waals surface area contributed by atoms with Crippen LogP contribution in [-0.4, -0.2) is 43.0 Å². The number of aromatic nitrogens is 5. The summed E-state index contributed by atoms with van der Waals surface area (Å²) in [6, 6.07) is 11.4. The minimum atomic E-state index is -0.123. The normalized spacial score (nSPS) is 18.8. The molecule has 0 spiro atoms. The zero-order valence-corrected chi connectivity index (χ0v) is 16.3. The third kappa shape index (κ3) is 3.56. The highest BCUT2D eigenvalue weighted by Gasteiger charge is 2.30. The smallest absolute Gasteiger partial charge is 0.253 e. The summed E-state index contributed by atoms with van der Waals surface area (Å²) >= 11 is 1.54. The van der Waals surface area contributed by atoms with Crippen molar-refractivity contribution in [2.45, 2.75) is 31.3 Å². The molecule has 1 aliphatic rings. The maximum atomic E-state index is 13.0. The predicted molar refractivity (Wildman–Crippen MR) is 111 cm³/mol. The minimum Gasteiger partial charge on any atom is -0.357 e. The number of anilines is 1. The van der Waals surface area contributed by atoms with Gasteiger partial charge in [-0.25, -0.2) is 9.97 Å². The van der Waals surface area contributed by atoms with Gasteiger partial charge in [-0.05, 0) is 43.5 Å². The highest BCUT2D eigenvalue weighted by atomic mass is 32.1. The second-order valence-electron chi connectivity index (χ2n) is 6.94. The number of fused-ring (bicyclic) bond motifs is 1. The summed E-state index contributed by atoms with van der Waals surface area (Å²) in [4.78, 5) is 24.4. The van der Waals surface area contributed by atoms with E-state index in [1.165, 1.54) is 16.1 Å². The van der Waals surface area contributed by atoms with Gasteiger partial charge in [-0.1, -0.05) is 23.5 Å². The zero-order valence-electron chi connectivity index (χ0n) is 15.5. The molecule has 0 bridgehead atoms. The van der Waals surface area contributed by atoms with Gasteiger partial charge < -0.3 is 10.6 Å². The Hall–Kier alpha value is -3.33. The first-order chi connectivity index (χ1) is 14.3. The van der Waals surface area contributed by atoms with E-state index in [1.54, 1.807) is 24.7 Å². The number of benzene rings is 1. The molecule has 0 radical (unpaired) electrons. The quantitative estimate of drug-likeness (QED) is 0.530. The Morgan fingerprint density at radius 1 is 1.03 bits per heavy atom. The maximum Gasteiger partial charge on any atom is 0.253 e. The summed E-state index contributed by atoms with van der Waals surface area (Å²) in [5.41, 5.74) is 2.10. The van der Waals surface area contributed by atoms with Crippen molar-refractivity contribution in [3.8, 4) is 5.69 Å². The Labute approximate surface area is 171 Å². The Morgan fingerprint density at radius 3 is 2.72 bits per heavy atom. The van der Waals surface area contributed by atoms with Crippen LogP contribution in [0.3, 0.4) is 0 Å². The molecule has 0 aliphatic heterocycles. The third-order valence-electron chi connectivity index (χ3n) is 5.09. The Morgan fingerprint density at radius 2 is 1.86 bits per heavy atom. The lowest BCUT2D eigenvalue weighted by Gasteiger charge is -2.22. The molecule has 1 saturated carbocycles. The molecular formula is C20H19N7OS. The Balaban J connectivity index is 1.33. The van der Waals surface area contributed by atoms with Crippen LogP contribution in [0.5, 0.6) is 0 Å². The van der Waals surface area contributed by atoms with E-state index < -0.39 is 0 Å². The van der Waals surface area contributed by atoms with E-state index in [4.69, 9.17) is 0 Å². The van der Waals surface area contributed by atoms with Gasteiger partial charge in [-0.3, -0.25) is 4.79 Å². The lowest BCUT2D eigenvalue weighted by atomic mass is 10.1. The van der Waals surface area contributed by atoms with Crippen molar-refractivity contribution in [2.24, 2.45) is 0 Å². The van der Waals surface area contributed by atoms with Crippen LogP contribution in [0.1, 0.15) is 29.6 Å². The second kappa shape index (κ2) is 7.59. The number of amides is 1. The topological polar surface area (TPSA) is 97.6 Å². The van der Waals surface area contributed by atoms with Gasteiger partial charge in [0.05, 0.1) is 23.6 Å². The van der Waals surface area contributed by atoms with E-state index in [9.17, 15) is 4.79 Å². The number of pyridine rings is 1. The van der Waals surface area contributed by atoms with Gasteiger partial charge in [0.15, 0.2) is 5.13 Å². The standard InChI is InChI=1S/C20H19N7OS/c28-18(13-5-1-2-9-17(13)27-22-11-12-23-27)24-14-6-3-7-15(14)25-20-26-16-8-4-10-21-19(16)29-20/h1-2,4-5,8-12,14-15H,3,6-7H2,(H,24,28)(H,25,26)/t14-,15-/m1/s1. The molecule has 146 valence electrons. The van der Waals surface area contributed by atoms with Crippen LogP contribution in [0.25, 0.3) is 16.0 Å². The van der Waals surface area contributed by atoms with E-state index in [1.807, 2.05) is 30.3 Å². The van der Waals surface area contributed by atoms with Gasteiger partial charge in [0.1, 0.15) is 10.3 Å². The summed E-state index contributed by atoms with van der Waals surface area (Å²) in [6.07, 6.45) is 7.92. The molecule has 1 fully saturated rings. The molecule has 29 heavy (non-hydrogen) atoms. The van der Waals surface area contributed by atoms with Crippen molar-refractivity contribution in [3.05, 3.63) is 60.6 Å². The Kier molecular flexibility index (Phi) is 4.65. The van der Waals surface area contributed by atoms with Crippen LogP contribution in [-0.2, 0) is 0 Å². The lowest BCUT2D eigenvalue weighted by Crippen LogP contribution is -2.43. The first-order valence-electron chi connectivity index (χ1n) is 9.52. The Bertz CT molecular complexity index is 1110. The van der Waals surface area contributed by atoms with Crippen LogP contribution in [0.4, 0.5) is 5.13 Å². The van der Waals surface area contributed by atoms with E-state index >= 15 is 0 Å². The van der Waals surface area contributed by atoms with E-state index in [-0.39, 0.29) is 18.0 Å². The van der Waals surface area contributed by atoms with E-state index in [2.05, 4.69) is 30.8 Å². The largest absolute Gasteiger partial charge is 0.357 e. The van der Waals surface area contributed by atoms with Crippen molar-refractivity contribution in [3.63, 3.8) is 0 Å². The summed E-state index contributed by atoms with van der Waals surface area (Å²) in [5, 5.41) is 15.8. The summed E-state index contributed by atoms with van der Waals surface area (Å²) in [5.74, 6) is -0.123. The predicted octanol–water partition coefficient (Wildman–Crippen LogP) is 3.04. The van der Waals surface area contributed by atoms with Crippen molar-refractivity contribution in [2.75, 3.05) is 5.32 Å². The van der Waals surface area contributed by atoms with Crippen LogP contribution in [0, 0.1) is 0 Å². The zero-order chi connectivity index (χ0) is 19.6. The van der Waals surface area contributed by atoms with Crippen LogP contribution < -0.4 is 10.6 Å². The summed E-state index contributed by atoms with van der Waals surface area (Å²) in [7, 11) is 0. The maximum absolute atomic E-state index is 13.0. The van der Waals surface area contributed by atoms with Crippen LogP contribution >= 0.6 is 11.3 Å². The number of hydrogen-bond donors (Lipinski definition) is 2. The molecular weight excluding hydrogens is 386 g/mol. The monoisotopic (exact) mass is 405 g/mol. The third-order valence-corrected chi connectivity index (χ3v) is 6.00. The molecule has 3 heterocycles. The molecule has 0 saturated heterocycles. The van der Waals surface area contributed by atoms with Gasteiger partial charge in [-0.2, -0.15) is 15.0 Å². The number of rotatable bonds is 5. The van der Waals surface area contributed by atoms with Gasteiger partial charge in [-0.15, -0.1) is 0 Å². The molecule has 2 atom stereocenters. The lowest BCUT2D eigenvalue weighted by molar-refractivity contribution is 0.0935. The number of nitrogens with zero attached hydrogens (tertiary/aromatic N) is 5. The van der Waals surface area contributed by atoms with Crippen LogP contribution in [0.15, 0.2) is 55.0 Å². The summed E-state index contributed by atoms with van der Waals surface area (Å²) in [6.45, 7) is 0. The average molecular weight is 405 g/mol. The average Bonchev–Trinajstić information content (AvgIpc) is 3.49. The fraction of sp³-hybridized carbons (Fsp3) is 0.250. The van der Waals surface area contributed by atoms with E-state index in [0.29, 0.717) is 11.3 Å². The highest BCUT2D eigenvalue weighted by Crippen LogP contribution is 2.28. The first kappa shape index (κ1) is 17.7. The van der Waals surface area contributed by atoms with Gasteiger partial charge in [0.25, 0.3) is 5.91 Å². The molecule has 4 aromatic rings. The number of para-hydroxylation sites is 1. The SMILES string of the molecule is O=C(N[C@@H]1CCC[C@H]1Nc1nc2cccnc2s1)c1ccccc1-n1nccn1. The minimum absolute atomic E-state index is 0.0288. The van der Waals surface area contributed by atoms with E-state index in [0.717, 1.165) is 34.7 Å². The molecule has 3 aromatic heterocycles. The number of carbonyl (C=O) groups excluding carboxylic acids is 1. The molecule has 5 rings (SSSR count). The second-order valence-corrected chi connectivity index (χ2v) is 7.92. The van der Waals surface area contributed by atoms with Gasteiger partial charge in [0, 0.05) is 18.3 Å². The summed E-state index contributed by atoms with van der Waals surface area (Å²) < 4.78 is 0. The van der Waals surface area contributed by atoms with Crippen molar-refractivity contribution in [1.29, 1.82) is 0 Å². The molecule has 1 aromatic carbocycles. The number of thiazole rings is 1.